The van der Waals surface area contributed by atoms with Gasteiger partial charge in [0.05, 0.1) is 17.0 Å². The monoisotopic (exact) mass is 307 g/mol. The van der Waals surface area contributed by atoms with Gasteiger partial charge in [-0.2, -0.15) is 5.26 Å². The van der Waals surface area contributed by atoms with Crippen LogP contribution in [0.15, 0.2) is 24.3 Å². The molecule has 0 aliphatic carbocycles. The molecule has 0 radical (unpaired) electrons. The van der Waals surface area contributed by atoms with Crippen LogP contribution in [0.2, 0.25) is 0 Å². The van der Waals surface area contributed by atoms with Crippen LogP contribution in [-0.4, -0.2) is 37.5 Å². The Balaban J connectivity index is 1.82. The Morgan fingerprint density at radius 1 is 1.38 bits per heavy atom. The second-order valence-corrected chi connectivity index (χ2v) is 6.97. The van der Waals surface area contributed by atoms with E-state index in [0.717, 1.165) is 0 Å². The Bertz CT molecular complexity index is 664. The van der Waals surface area contributed by atoms with Gasteiger partial charge >= 0.3 is 0 Å². The van der Waals surface area contributed by atoms with Gasteiger partial charge in [-0.15, -0.1) is 0 Å². The number of nitrogens with zero attached hydrogens (tertiary/aromatic N) is 2. The lowest BCUT2D eigenvalue weighted by Crippen LogP contribution is -2.27. The number of rotatable bonds is 5. The van der Waals surface area contributed by atoms with E-state index in [1.165, 1.54) is 4.31 Å². The number of carbonyl (C=O) groups excluding carboxylic acids is 1. The largest absolute Gasteiger partial charge is 0.325 e. The van der Waals surface area contributed by atoms with Crippen molar-refractivity contribution in [3.63, 3.8) is 0 Å². The molecule has 7 heteroatoms. The first-order valence-corrected chi connectivity index (χ1v) is 8.40. The number of amides is 1. The molecule has 0 atom stereocenters. The predicted octanol–water partition coefficient (Wildman–Crippen LogP) is 1.31. The highest BCUT2D eigenvalue weighted by molar-refractivity contribution is 7.89. The lowest BCUT2D eigenvalue weighted by Gasteiger charge is -2.13. The fraction of sp³-hybridized carbons (Fsp3) is 0.429. The summed E-state index contributed by atoms with van der Waals surface area (Å²) in [4.78, 5) is 11.8. The van der Waals surface area contributed by atoms with Gasteiger partial charge in [0, 0.05) is 19.5 Å². The van der Waals surface area contributed by atoms with Crippen LogP contribution in [0.1, 0.15) is 24.8 Å². The van der Waals surface area contributed by atoms with Gasteiger partial charge in [-0.05, 0) is 25.0 Å². The number of carbonyl (C=O) groups is 1. The lowest BCUT2D eigenvalue weighted by atomic mass is 10.2. The number of hydrogen-bond donors (Lipinski definition) is 1. The van der Waals surface area contributed by atoms with Crippen molar-refractivity contribution in [2.75, 3.05) is 24.2 Å². The number of anilines is 1. The molecular formula is C14H17N3O3S. The van der Waals surface area contributed by atoms with Gasteiger partial charge in [0.25, 0.3) is 0 Å². The summed E-state index contributed by atoms with van der Waals surface area (Å²) in [6.07, 6.45) is 1.36. The van der Waals surface area contributed by atoms with Crippen molar-refractivity contribution < 1.29 is 13.2 Å². The summed E-state index contributed by atoms with van der Waals surface area (Å²) < 4.78 is 24.6. The minimum Gasteiger partial charge on any atom is -0.325 e. The molecule has 1 aromatic carbocycles. The summed E-state index contributed by atoms with van der Waals surface area (Å²) in [5.41, 5.74) is 0.895. The van der Waals surface area contributed by atoms with E-state index in [1.807, 2.05) is 6.07 Å². The van der Waals surface area contributed by atoms with E-state index >= 15 is 0 Å². The third-order valence-electron chi connectivity index (χ3n) is 3.34. The normalized spacial score (nSPS) is 17.3. The molecule has 1 aromatic rings. The Kier molecular flexibility index (Phi) is 4.94. The molecule has 21 heavy (non-hydrogen) atoms. The van der Waals surface area contributed by atoms with Crippen LogP contribution in [0, 0.1) is 11.3 Å². The third kappa shape index (κ3) is 4.03. The molecule has 1 aliphatic rings. The molecule has 1 amide bonds. The zero-order valence-electron chi connectivity index (χ0n) is 11.6. The van der Waals surface area contributed by atoms with Gasteiger partial charge in [-0.1, -0.05) is 12.1 Å². The van der Waals surface area contributed by atoms with Crippen molar-refractivity contribution in [3.8, 4) is 6.07 Å². The second-order valence-electron chi connectivity index (χ2n) is 4.88. The fourth-order valence-corrected chi connectivity index (χ4v) is 3.83. The maximum Gasteiger partial charge on any atom is 0.224 e. The van der Waals surface area contributed by atoms with Crippen molar-refractivity contribution >= 4 is 21.6 Å². The molecule has 0 spiro atoms. The summed E-state index contributed by atoms with van der Waals surface area (Å²) in [5, 5.41) is 11.6. The molecule has 2 rings (SSSR count). The number of hydrogen-bond acceptors (Lipinski definition) is 4. The van der Waals surface area contributed by atoms with Gasteiger partial charge in [0.2, 0.25) is 15.9 Å². The molecule has 6 nitrogen and oxygen atoms in total. The van der Waals surface area contributed by atoms with Crippen molar-refractivity contribution in [1.82, 2.24) is 4.31 Å². The molecule has 1 N–H and O–H groups in total. The van der Waals surface area contributed by atoms with E-state index in [1.54, 1.807) is 24.3 Å². The highest BCUT2D eigenvalue weighted by Gasteiger charge is 2.27. The number of para-hydroxylation sites is 1. The Morgan fingerprint density at radius 2 is 2.14 bits per heavy atom. The van der Waals surface area contributed by atoms with E-state index in [4.69, 9.17) is 5.26 Å². The van der Waals surface area contributed by atoms with Gasteiger partial charge in [0.15, 0.2) is 0 Å². The number of benzene rings is 1. The van der Waals surface area contributed by atoms with Crippen LogP contribution >= 0.6 is 0 Å². The van der Waals surface area contributed by atoms with Gasteiger partial charge in [-0.3, -0.25) is 4.79 Å². The summed E-state index contributed by atoms with van der Waals surface area (Å²) in [7, 11) is -3.10. The summed E-state index contributed by atoms with van der Waals surface area (Å²) in [5.74, 6) is -0.0105. The SMILES string of the molecule is N#Cc1ccccc1NC(=O)CCCN1CCCS1(=O)=O. The van der Waals surface area contributed by atoms with Crippen LogP contribution in [0.4, 0.5) is 5.69 Å². The average Bonchev–Trinajstić information content (AvgIpc) is 2.78. The smallest absolute Gasteiger partial charge is 0.224 e. The zero-order chi connectivity index (χ0) is 15.3. The fourth-order valence-electron chi connectivity index (χ4n) is 2.26. The molecule has 0 aromatic heterocycles. The molecule has 0 saturated carbocycles. The number of nitrogens with one attached hydrogen (secondary N) is 1. The van der Waals surface area contributed by atoms with Gasteiger partial charge < -0.3 is 5.32 Å². The molecule has 0 unspecified atom stereocenters. The Hall–Kier alpha value is -1.91. The maximum absolute atomic E-state index is 11.8. The summed E-state index contributed by atoms with van der Waals surface area (Å²) in [6, 6.07) is 8.78. The molecule has 1 fully saturated rings. The second kappa shape index (κ2) is 6.70. The Morgan fingerprint density at radius 3 is 2.81 bits per heavy atom. The number of nitriles is 1. The van der Waals surface area contributed by atoms with Crippen LogP contribution in [-0.2, 0) is 14.8 Å². The summed E-state index contributed by atoms with van der Waals surface area (Å²) >= 11 is 0. The maximum atomic E-state index is 11.8. The van der Waals surface area contributed by atoms with Crippen molar-refractivity contribution in [2.24, 2.45) is 0 Å². The highest BCUT2D eigenvalue weighted by Crippen LogP contribution is 2.16. The van der Waals surface area contributed by atoms with Crippen LogP contribution in [0.5, 0.6) is 0 Å². The topological polar surface area (TPSA) is 90.3 Å². The predicted molar refractivity (Wildman–Crippen MR) is 79.0 cm³/mol. The minimum atomic E-state index is -3.10. The average molecular weight is 307 g/mol. The van der Waals surface area contributed by atoms with Crippen LogP contribution < -0.4 is 5.32 Å². The Labute approximate surface area is 124 Å². The van der Waals surface area contributed by atoms with Crippen molar-refractivity contribution in [2.45, 2.75) is 19.3 Å². The molecular weight excluding hydrogens is 290 g/mol. The lowest BCUT2D eigenvalue weighted by molar-refractivity contribution is -0.116. The zero-order valence-corrected chi connectivity index (χ0v) is 12.4. The summed E-state index contributed by atoms with van der Waals surface area (Å²) in [6.45, 7) is 0.914. The first-order valence-electron chi connectivity index (χ1n) is 6.80. The first-order chi connectivity index (χ1) is 10.0. The first kappa shape index (κ1) is 15.5. The van der Waals surface area contributed by atoms with E-state index in [-0.39, 0.29) is 18.1 Å². The van der Waals surface area contributed by atoms with E-state index in [9.17, 15) is 13.2 Å². The standard InChI is InChI=1S/C14H17N3O3S/c15-11-12-5-1-2-6-13(12)16-14(18)7-3-8-17-9-4-10-21(17,19)20/h1-2,5-6H,3-4,7-10H2,(H,16,18). The number of sulfonamides is 1. The molecule has 0 bridgehead atoms. The van der Waals surface area contributed by atoms with Gasteiger partial charge in [-0.25, -0.2) is 12.7 Å². The highest BCUT2D eigenvalue weighted by atomic mass is 32.2. The van der Waals surface area contributed by atoms with E-state index in [0.29, 0.717) is 37.2 Å². The molecule has 1 heterocycles. The molecule has 1 saturated heterocycles. The third-order valence-corrected chi connectivity index (χ3v) is 5.29. The van der Waals surface area contributed by atoms with E-state index in [2.05, 4.69) is 5.32 Å². The van der Waals surface area contributed by atoms with Crippen LogP contribution in [0.3, 0.4) is 0 Å². The van der Waals surface area contributed by atoms with Gasteiger partial charge in [0.1, 0.15) is 6.07 Å². The van der Waals surface area contributed by atoms with E-state index < -0.39 is 10.0 Å². The minimum absolute atomic E-state index is 0.203. The van der Waals surface area contributed by atoms with Crippen molar-refractivity contribution in [1.29, 1.82) is 5.26 Å². The molecule has 1 aliphatic heterocycles. The van der Waals surface area contributed by atoms with Crippen LogP contribution in [0.25, 0.3) is 0 Å². The molecule has 112 valence electrons. The van der Waals surface area contributed by atoms with Crippen molar-refractivity contribution in [3.05, 3.63) is 29.8 Å². The quantitative estimate of drug-likeness (QED) is 0.888.